The van der Waals surface area contributed by atoms with E-state index < -0.39 is 0 Å². The summed E-state index contributed by atoms with van der Waals surface area (Å²) in [6.07, 6.45) is 2.25. The van der Waals surface area contributed by atoms with Gasteiger partial charge in [0.1, 0.15) is 0 Å². The van der Waals surface area contributed by atoms with Gasteiger partial charge in [-0.15, -0.1) is 0 Å². The third-order valence-electron chi connectivity index (χ3n) is 2.33. The summed E-state index contributed by atoms with van der Waals surface area (Å²) in [5.41, 5.74) is 2.57. The van der Waals surface area contributed by atoms with Crippen molar-refractivity contribution in [3.63, 3.8) is 0 Å². The van der Waals surface area contributed by atoms with Crippen LogP contribution in [0.4, 0.5) is 0 Å². The minimum Gasteiger partial charge on any atom is -0.469 e. The maximum absolute atomic E-state index is 11.0. The Bertz CT molecular complexity index is 306. The maximum Gasteiger partial charge on any atom is 0.305 e. The molecule has 0 aliphatic carbocycles. The van der Waals surface area contributed by atoms with Crippen molar-refractivity contribution in [2.75, 3.05) is 7.11 Å². The van der Waals surface area contributed by atoms with Crippen LogP contribution < -0.4 is 0 Å². The predicted molar refractivity (Wildman–Crippen MR) is 78.9 cm³/mol. The number of carbonyl (C=O) groups is 1. The highest BCUT2D eigenvalue weighted by Gasteiger charge is 2.03. The van der Waals surface area contributed by atoms with Crippen molar-refractivity contribution in [1.82, 2.24) is 0 Å². The summed E-state index contributed by atoms with van der Waals surface area (Å²) in [7, 11) is 1.42. The number of rotatable bonds is 4. The molecule has 0 saturated heterocycles. The van der Waals surface area contributed by atoms with Crippen molar-refractivity contribution in [3.05, 3.63) is 35.4 Å². The van der Waals surface area contributed by atoms with Crippen LogP contribution in [0.1, 0.15) is 52.2 Å². The van der Waals surface area contributed by atoms with Crippen LogP contribution in [0, 0.1) is 0 Å². The maximum atomic E-state index is 11.0. The van der Waals surface area contributed by atoms with Gasteiger partial charge in [0.25, 0.3) is 0 Å². The second kappa shape index (κ2) is 13.8. The van der Waals surface area contributed by atoms with E-state index >= 15 is 0 Å². The zero-order valence-electron chi connectivity index (χ0n) is 12.7. The van der Waals surface area contributed by atoms with Gasteiger partial charge < -0.3 is 4.74 Å². The van der Waals surface area contributed by atoms with Gasteiger partial charge in [-0.1, -0.05) is 58.9 Å². The Hall–Kier alpha value is -1.31. The van der Waals surface area contributed by atoms with Crippen molar-refractivity contribution in [2.45, 2.75) is 53.9 Å². The largest absolute Gasteiger partial charge is 0.469 e. The molecule has 0 spiro atoms. The molecule has 104 valence electrons. The Morgan fingerprint density at radius 3 is 2.00 bits per heavy atom. The molecule has 1 rings (SSSR count). The third kappa shape index (κ3) is 7.88. The number of aryl methyl sites for hydroxylation is 2. The molecular formula is C16H28O2. The predicted octanol–water partition coefficient (Wildman–Crippen LogP) is 4.41. The lowest BCUT2D eigenvalue weighted by atomic mass is 10.0. The zero-order valence-corrected chi connectivity index (χ0v) is 12.7. The van der Waals surface area contributed by atoms with E-state index in [0.717, 1.165) is 12.8 Å². The lowest BCUT2D eigenvalue weighted by Crippen LogP contribution is -2.03. The first-order valence-corrected chi connectivity index (χ1v) is 6.91. The van der Waals surface area contributed by atoms with Gasteiger partial charge in [0.15, 0.2) is 0 Å². The molecule has 1 aromatic rings. The van der Waals surface area contributed by atoms with E-state index in [1.807, 2.05) is 39.8 Å². The van der Waals surface area contributed by atoms with Gasteiger partial charge in [-0.05, 0) is 24.0 Å². The van der Waals surface area contributed by atoms with Gasteiger partial charge in [-0.2, -0.15) is 0 Å². The molecule has 18 heavy (non-hydrogen) atoms. The third-order valence-corrected chi connectivity index (χ3v) is 2.33. The smallest absolute Gasteiger partial charge is 0.305 e. The molecule has 1 aromatic carbocycles. The first-order chi connectivity index (χ1) is 8.77. The Morgan fingerprint density at radius 1 is 1.06 bits per heavy atom. The summed E-state index contributed by atoms with van der Waals surface area (Å²) in [5.74, 6) is -0.143. The Labute approximate surface area is 112 Å². The first-order valence-electron chi connectivity index (χ1n) is 6.91. The van der Waals surface area contributed by atoms with Crippen LogP contribution in [0.25, 0.3) is 0 Å². The Balaban J connectivity index is 0. The fourth-order valence-electron chi connectivity index (χ4n) is 1.49. The molecule has 0 amide bonds. The molecule has 0 unspecified atom stereocenters. The summed E-state index contributed by atoms with van der Waals surface area (Å²) in [6, 6.07) is 8.21. The van der Waals surface area contributed by atoms with Crippen LogP contribution >= 0.6 is 0 Å². The molecule has 0 heterocycles. The van der Waals surface area contributed by atoms with Gasteiger partial charge in [0.2, 0.25) is 0 Å². The van der Waals surface area contributed by atoms with E-state index in [0.29, 0.717) is 6.42 Å². The molecule has 2 heteroatoms. The SMILES string of the molecule is CC.CC.CCc1ccccc1CCC(=O)OC. The molecule has 0 aromatic heterocycles. The van der Waals surface area contributed by atoms with E-state index in [4.69, 9.17) is 0 Å². The van der Waals surface area contributed by atoms with Crippen molar-refractivity contribution >= 4 is 5.97 Å². The molecule has 0 aliphatic heterocycles. The van der Waals surface area contributed by atoms with Gasteiger partial charge in [-0.3, -0.25) is 4.79 Å². The zero-order chi connectivity index (χ0) is 14.4. The van der Waals surface area contributed by atoms with Crippen LogP contribution in [0.3, 0.4) is 0 Å². The monoisotopic (exact) mass is 252 g/mol. The second-order valence-corrected chi connectivity index (χ2v) is 3.20. The van der Waals surface area contributed by atoms with E-state index in [-0.39, 0.29) is 5.97 Å². The highest BCUT2D eigenvalue weighted by Crippen LogP contribution is 2.11. The fraction of sp³-hybridized carbons (Fsp3) is 0.562. The fourth-order valence-corrected chi connectivity index (χ4v) is 1.49. The van der Waals surface area contributed by atoms with Crippen molar-refractivity contribution in [1.29, 1.82) is 0 Å². The quantitative estimate of drug-likeness (QED) is 0.742. The minimum atomic E-state index is -0.143. The highest BCUT2D eigenvalue weighted by atomic mass is 16.5. The van der Waals surface area contributed by atoms with Crippen molar-refractivity contribution < 1.29 is 9.53 Å². The number of methoxy groups -OCH3 is 1. The number of hydrogen-bond acceptors (Lipinski definition) is 2. The minimum absolute atomic E-state index is 0.143. The summed E-state index contributed by atoms with van der Waals surface area (Å²) < 4.78 is 4.61. The van der Waals surface area contributed by atoms with Gasteiger partial charge >= 0.3 is 5.97 Å². The number of esters is 1. The average molecular weight is 252 g/mol. The summed E-state index contributed by atoms with van der Waals surface area (Å²) in [6.45, 7) is 10.1. The summed E-state index contributed by atoms with van der Waals surface area (Å²) in [4.78, 5) is 11.0. The van der Waals surface area contributed by atoms with Gasteiger partial charge in [0.05, 0.1) is 7.11 Å². The standard InChI is InChI=1S/C12H16O2.2C2H6/c1-3-10-6-4-5-7-11(10)8-9-12(13)14-2;2*1-2/h4-7H,3,8-9H2,1-2H3;2*1-2H3. The van der Waals surface area contributed by atoms with Gasteiger partial charge in [0, 0.05) is 6.42 Å². The number of benzene rings is 1. The van der Waals surface area contributed by atoms with E-state index in [2.05, 4.69) is 23.8 Å². The molecule has 0 atom stereocenters. The highest BCUT2D eigenvalue weighted by molar-refractivity contribution is 5.69. The first kappa shape index (κ1) is 19.0. The second-order valence-electron chi connectivity index (χ2n) is 3.20. The Kier molecular flexibility index (Phi) is 14.5. The number of carbonyl (C=O) groups excluding carboxylic acids is 1. The van der Waals surface area contributed by atoms with Gasteiger partial charge in [-0.25, -0.2) is 0 Å². The molecule has 0 fully saturated rings. The van der Waals surface area contributed by atoms with Crippen LogP contribution in [0.2, 0.25) is 0 Å². The lowest BCUT2D eigenvalue weighted by molar-refractivity contribution is -0.140. The average Bonchev–Trinajstić information content (AvgIpc) is 2.49. The summed E-state index contributed by atoms with van der Waals surface area (Å²) in [5, 5.41) is 0. The molecule has 0 saturated carbocycles. The van der Waals surface area contributed by atoms with Crippen LogP contribution in [0.15, 0.2) is 24.3 Å². The molecule has 0 radical (unpaired) electrons. The number of ether oxygens (including phenoxy) is 1. The molecular weight excluding hydrogens is 224 g/mol. The molecule has 2 nitrogen and oxygen atoms in total. The van der Waals surface area contributed by atoms with Crippen LogP contribution in [-0.4, -0.2) is 13.1 Å². The molecule has 0 bridgehead atoms. The van der Waals surface area contributed by atoms with Crippen LogP contribution in [-0.2, 0) is 22.4 Å². The van der Waals surface area contributed by atoms with Crippen LogP contribution in [0.5, 0.6) is 0 Å². The normalized spacial score (nSPS) is 8.33. The van der Waals surface area contributed by atoms with E-state index in [9.17, 15) is 4.79 Å². The van der Waals surface area contributed by atoms with E-state index in [1.54, 1.807) is 0 Å². The van der Waals surface area contributed by atoms with E-state index in [1.165, 1.54) is 18.2 Å². The number of hydrogen-bond donors (Lipinski definition) is 0. The topological polar surface area (TPSA) is 26.3 Å². The van der Waals surface area contributed by atoms with Crippen molar-refractivity contribution in [2.24, 2.45) is 0 Å². The molecule has 0 aliphatic rings. The van der Waals surface area contributed by atoms with Crippen molar-refractivity contribution in [3.8, 4) is 0 Å². The Morgan fingerprint density at radius 2 is 1.56 bits per heavy atom. The summed E-state index contributed by atoms with van der Waals surface area (Å²) >= 11 is 0. The lowest BCUT2D eigenvalue weighted by Gasteiger charge is -2.06. The molecule has 0 N–H and O–H groups in total.